The van der Waals surface area contributed by atoms with Crippen LogP contribution in [0.15, 0.2) is 30.7 Å². The van der Waals surface area contributed by atoms with Gasteiger partial charge >= 0.3 is 6.05 Å². The van der Waals surface area contributed by atoms with E-state index in [9.17, 15) is 13.2 Å². The Bertz CT molecular complexity index is 450. The molecule has 0 spiro atoms. The van der Waals surface area contributed by atoms with Crippen LogP contribution in [0.4, 0.5) is 13.2 Å². The first-order valence-corrected chi connectivity index (χ1v) is 4.00. The number of alkyl halides is 3. The van der Waals surface area contributed by atoms with Gasteiger partial charge in [-0.25, -0.2) is 4.39 Å². The van der Waals surface area contributed by atoms with Crippen molar-refractivity contribution in [1.82, 2.24) is 9.55 Å². The predicted octanol–water partition coefficient (Wildman–Crippen LogP) is 2.56. The van der Waals surface area contributed by atoms with E-state index in [-0.39, 0.29) is 5.52 Å². The van der Waals surface area contributed by atoms with Gasteiger partial charge in [-0.05, 0) is 12.1 Å². The van der Waals surface area contributed by atoms with Crippen molar-refractivity contribution in [2.75, 3.05) is 6.67 Å². The zero-order chi connectivity index (χ0) is 10.2. The second-order valence-electron chi connectivity index (χ2n) is 2.92. The molecule has 2 nitrogen and oxygen atoms in total. The standard InChI is InChI=1S/C9H7F3N2/c10-6-9(11,12)14-4-2-7-1-3-13-5-8(7)14/h1-5H,6H2. The average molecular weight is 200 g/mol. The number of hydrogen-bond acceptors (Lipinski definition) is 1. The summed E-state index contributed by atoms with van der Waals surface area (Å²) in [6, 6.07) is -0.397. The first-order chi connectivity index (χ1) is 6.65. The zero-order valence-electron chi connectivity index (χ0n) is 7.12. The molecule has 0 radical (unpaired) electrons. The first kappa shape index (κ1) is 9.05. The van der Waals surface area contributed by atoms with Crippen LogP contribution in [-0.2, 0) is 6.05 Å². The highest BCUT2D eigenvalue weighted by atomic mass is 19.3. The number of hydrogen-bond donors (Lipinski definition) is 0. The monoisotopic (exact) mass is 200 g/mol. The lowest BCUT2D eigenvalue weighted by Crippen LogP contribution is -2.24. The number of fused-ring (bicyclic) bond motifs is 1. The molecule has 74 valence electrons. The largest absolute Gasteiger partial charge is 0.357 e. The second kappa shape index (κ2) is 3.01. The smallest absolute Gasteiger partial charge is 0.285 e. The second-order valence-corrected chi connectivity index (χ2v) is 2.92. The van der Waals surface area contributed by atoms with Gasteiger partial charge in [0, 0.05) is 17.8 Å². The van der Waals surface area contributed by atoms with Crippen LogP contribution in [0, 0.1) is 0 Å². The molecule has 0 bridgehead atoms. The molecule has 0 aliphatic carbocycles. The van der Waals surface area contributed by atoms with Crippen molar-refractivity contribution >= 4 is 10.9 Å². The van der Waals surface area contributed by atoms with E-state index in [4.69, 9.17) is 0 Å². The van der Waals surface area contributed by atoms with E-state index < -0.39 is 12.7 Å². The summed E-state index contributed by atoms with van der Waals surface area (Å²) in [6.45, 7) is -1.72. The van der Waals surface area contributed by atoms with Crippen LogP contribution in [0.25, 0.3) is 10.9 Å². The summed E-state index contributed by atoms with van der Waals surface area (Å²) >= 11 is 0. The lowest BCUT2D eigenvalue weighted by Gasteiger charge is -2.14. The van der Waals surface area contributed by atoms with Crippen molar-refractivity contribution in [3.63, 3.8) is 0 Å². The summed E-state index contributed by atoms with van der Waals surface area (Å²) in [5.74, 6) is 0. The third kappa shape index (κ3) is 1.25. The first-order valence-electron chi connectivity index (χ1n) is 4.00. The van der Waals surface area contributed by atoms with Crippen LogP contribution in [-0.4, -0.2) is 16.2 Å². The van der Waals surface area contributed by atoms with Crippen LogP contribution in [0.5, 0.6) is 0 Å². The maximum Gasteiger partial charge on any atom is 0.357 e. The Morgan fingerprint density at radius 1 is 1.36 bits per heavy atom. The molecular formula is C9H7F3N2. The minimum absolute atomic E-state index is 0.232. The molecule has 0 amide bonds. The van der Waals surface area contributed by atoms with Gasteiger partial charge in [0.05, 0.1) is 11.7 Å². The van der Waals surface area contributed by atoms with Gasteiger partial charge in [-0.2, -0.15) is 8.78 Å². The molecule has 0 atom stereocenters. The maximum atomic E-state index is 13.0. The minimum Gasteiger partial charge on any atom is -0.285 e. The van der Waals surface area contributed by atoms with Crippen LogP contribution >= 0.6 is 0 Å². The van der Waals surface area contributed by atoms with Crippen LogP contribution in [0.2, 0.25) is 0 Å². The van der Waals surface area contributed by atoms with Crippen molar-refractivity contribution in [2.45, 2.75) is 6.05 Å². The molecule has 0 aromatic carbocycles. The van der Waals surface area contributed by atoms with Gasteiger partial charge in [-0.3, -0.25) is 9.55 Å². The van der Waals surface area contributed by atoms with Crippen LogP contribution in [0.3, 0.4) is 0 Å². The molecule has 0 unspecified atom stereocenters. The molecule has 0 aliphatic rings. The topological polar surface area (TPSA) is 17.8 Å². The van der Waals surface area contributed by atoms with Gasteiger partial charge in [0.25, 0.3) is 0 Å². The molecule has 0 N–H and O–H groups in total. The average Bonchev–Trinajstić information content (AvgIpc) is 2.61. The van der Waals surface area contributed by atoms with Crippen LogP contribution < -0.4 is 0 Å². The molecule has 2 rings (SSSR count). The summed E-state index contributed by atoms with van der Waals surface area (Å²) in [5.41, 5.74) is 0.232. The van der Waals surface area contributed by atoms with Gasteiger partial charge in [0.15, 0.2) is 6.67 Å². The molecule has 0 saturated heterocycles. The number of pyridine rings is 1. The van der Waals surface area contributed by atoms with E-state index in [0.717, 1.165) is 6.20 Å². The maximum absolute atomic E-state index is 13.0. The van der Waals surface area contributed by atoms with Gasteiger partial charge < -0.3 is 0 Å². The molecule has 0 fully saturated rings. The van der Waals surface area contributed by atoms with Gasteiger partial charge in [0.2, 0.25) is 0 Å². The molecule has 2 heterocycles. The lowest BCUT2D eigenvalue weighted by atomic mass is 10.3. The van der Waals surface area contributed by atoms with E-state index in [2.05, 4.69) is 4.98 Å². The van der Waals surface area contributed by atoms with Gasteiger partial charge in [-0.15, -0.1) is 0 Å². The Kier molecular flexibility index (Phi) is 1.94. The van der Waals surface area contributed by atoms with E-state index in [0.29, 0.717) is 9.95 Å². The Labute approximate surface area is 78.0 Å². The summed E-state index contributed by atoms with van der Waals surface area (Å²) in [6.07, 6.45) is 3.95. The predicted molar refractivity (Wildman–Crippen MR) is 45.9 cm³/mol. The molecule has 0 saturated carbocycles. The van der Waals surface area contributed by atoms with E-state index in [1.165, 1.54) is 18.5 Å². The summed E-state index contributed by atoms with van der Waals surface area (Å²) < 4.78 is 38.7. The highest BCUT2D eigenvalue weighted by Crippen LogP contribution is 2.26. The Morgan fingerprint density at radius 3 is 2.86 bits per heavy atom. The van der Waals surface area contributed by atoms with Gasteiger partial charge in [0.1, 0.15) is 0 Å². The lowest BCUT2D eigenvalue weighted by molar-refractivity contribution is -0.0954. The SMILES string of the molecule is FCC(F)(F)n1ccc2ccncc21. The van der Waals surface area contributed by atoms with Crippen molar-refractivity contribution < 1.29 is 13.2 Å². The number of aromatic nitrogens is 2. The van der Waals surface area contributed by atoms with Crippen molar-refractivity contribution in [3.8, 4) is 0 Å². The van der Waals surface area contributed by atoms with Crippen molar-refractivity contribution in [3.05, 3.63) is 30.7 Å². The summed E-state index contributed by atoms with van der Waals surface area (Å²) in [7, 11) is 0. The fraction of sp³-hybridized carbons (Fsp3) is 0.222. The molecule has 2 aromatic rings. The Balaban J connectivity index is 2.64. The molecule has 5 heteroatoms. The fourth-order valence-corrected chi connectivity index (χ4v) is 1.32. The Morgan fingerprint density at radius 2 is 2.14 bits per heavy atom. The number of nitrogens with zero attached hydrogens (tertiary/aromatic N) is 2. The highest BCUT2D eigenvalue weighted by Gasteiger charge is 2.32. The van der Waals surface area contributed by atoms with E-state index >= 15 is 0 Å². The zero-order valence-corrected chi connectivity index (χ0v) is 7.12. The van der Waals surface area contributed by atoms with Crippen molar-refractivity contribution in [2.24, 2.45) is 0 Å². The third-order valence-electron chi connectivity index (χ3n) is 2.01. The fourth-order valence-electron chi connectivity index (χ4n) is 1.32. The summed E-state index contributed by atoms with van der Waals surface area (Å²) in [4.78, 5) is 3.72. The molecule has 14 heavy (non-hydrogen) atoms. The van der Waals surface area contributed by atoms with Crippen molar-refractivity contribution in [1.29, 1.82) is 0 Å². The minimum atomic E-state index is -3.50. The molecular weight excluding hydrogens is 193 g/mol. The molecule has 0 aliphatic heterocycles. The van der Waals surface area contributed by atoms with E-state index in [1.807, 2.05) is 0 Å². The van der Waals surface area contributed by atoms with E-state index in [1.54, 1.807) is 6.07 Å². The number of halogens is 3. The normalized spacial score (nSPS) is 12.2. The molecule has 2 aromatic heterocycles. The number of rotatable bonds is 2. The van der Waals surface area contributed by atoms with Crippen LogP contribution in [0.1, 0.15) is 0 Å². The quantitative estimate of drug-likeness (QED) is 0.728. The highest BCUT2D eigenvalue weighted by molar-refractivity contribution is 5.79. The third-order valence-corrected chi connectivity index (χ3v) is 2.01. The Hall–Kier alpha value is -1.52. The van der Waals surface area contributed by atoms with Gasteiger partial charge in [-0.1, -0.05) is 0 Å². The summed E-state index contributed by atoms with van der Waals surface area (Å²) in [5, 5.41) is 0.619.